The van der Waals surface area contributed by atoms with E-state index < -0.39 is 0 Å². The van der Waals surface area contributed by atoms with Gasteiger partial charge in [-0.1, -0.05) is 44.2 Å². The van der Waals surface area contributed by atoms with Crippen molar-refractivity contribution in [1.29, 1.82) is 0 Å². The third-order valence-corrected chi connectivity index (χ3v) is 3.08. The summed E-state index contributed by atoms with van der Waals surface area (Å²) in [6, 6.07) is 11.0. The molecular weight excluding hydrogens is 180 g/mol. The van der Waals surface area contributed by atoms with Crippen molar-refractivity contribution in [2.75, 3.05) is 0 Å². The van der Waals surface area contributed by atoms with Gasteiger partial charge in [-0.25, -0.2) is 0 Å². The first-order valence-corrected chi connectivity index (χ1v) is 5.60. The third kappa shape index (κ3) is 1.65. The van der Waals surface area contributed by atoms with Gasteiger partial charge in [0.05, 0.1) is 0 Å². The Balaban J connectivity index is 2.90. The van der Waals surface area contributed by atoms with Crippen molar-refractivity contribution in [2.24, 2.45) is 0 Å². The van der Waals surface area contributed by atoms with E-state index in [2.05, 4.69) is 58.0 Å². The van der Waals surface area contributed by atoms with Crippen molar-refractivity contribution in [1.82, 2.24) is 0 Å². The lowest BCUT2D eigenvalue weighted by atomic mass is 9.89. The fraction of sp³-hybridized carbons (Fsp3) is 0.333. The summed E-state index contributed by atoms with van der Waals surface area (Å²) in [5, 5.41) is 2.82. The summed E-state index contributed by atoms with van der Waals surface area (Å²) in [4.78, 5) is 0. The summed E-state index contributed by atoms with van der Waals surface area (Å²) in [7, 11) is 0. The van der Waals surface area contributed by atoms with Gasteiger partial charge in [-0.3, -0.25) is 0 Å². The van der Waals surface area contributed by atoms with E-state index in [0.717, 1.165) is 0 Å². The van der Waals surface area contributed by atoms with Gasteiger partial charge in [-0.2, -0.15) is 0 Å². The summed E-state index contributed by atoms with van der Waals surface area (Å²) in [6.45, 7) is 8.95. The SMILES string of the molecule is Cc1cc(C)c2ccccc2c1C(C)C. The first-order chi connectivity index (χ1) is 7.11. The van der Waals surface area contributed by atoms with Gasteiger partial charge in [0.15, 0.2) is 0 Å². The lowest BCUT2D eigenvalue weighted by Gasteiger charge is -2.15. The van der Waals surface area contributed by atoms with Crippen molar-refractivity contribution in [3.63, 3.8) is 0 Å². The highest BCUT2D eigenvalue weighted by molar-refractivity contribution is 5.90. The second-order valence-electron chi connectivity index (χ2n) is 4.62. The molecule has 0 heterocycles. The minimum absolute atomic E-state index is 0.593. The number of hydrogen-bond acceptors (Lipinski definition) is 0. The smallest absolute Gasteiger partial charge is 0.0144 e. The predicted molar refractivity (Wildman–Crippen MR) is 67.5 cm³/mol. The molecule has 0 aromatic heterocycles. The Kier molecular flexibility index (Phi) is 2.52. The van der Waals surface area contributed by atoms with Crippen molar-refractivity contribution in [3.05, 3.63) is 47.0 Å². The molecule has 0 bridgehead atoms. The molecule has 0 atom stereocenters. The zero-order chi connectivity index (χ0) is 11.0. The molecule has 2 rings (SSSR count). The van der Waals surface area contributed by atoms with Crippen molar-refractivity contribution < 1.29 is 0 Å². The molecule has 15 heavy (non-hydrogen) atoms. The van der Waals surface area contributed by atoms with Crippen LogP contribution in [0.4, 0.5) is 0 Å². The van der Waals surface area contributed by atoms with Gasteiger partial charge >= 0.3 is 0 Å². The van der Waals surface area contributed by atoms with Crippen LogP contribution in [-0.4, -0.2) is 0 Å². The third-order valence-electron chi connectivity index (χ3n) is 3.08. The van der Waals surface area contributed by atoms with Crippen LogP contribution in [0.5, 0.6) is 0 Å². The fourth-order valence-corrected chi connectivity index (χ4v) is 2.52. The van der Waals surface area contributed by atoms with Gasteiger partial charge in [-0.05, 0) is 47.2 Å². The molecule has 0 saturated carbocycles. The summed E-state index contributed by atoms with van der Waals surface area (Å²) < 4.78 is 0. The Morgan fingerprint density at radius 2 is 1.47 bits per heavy atom. The van der Waals surface area contributed by atoms with Gasteiger partial charge in [0.25, 0.3) is 0 Å². The van der Waals surface area contributed by atoms with Crippen LogP contribution in [-0.2, 0) is 0 Å². The summed E-state index contributed by atoms with van der Waals surface area (Å²) in [5.41, 5.74) is 4.30. The standard InChI is InChI=1S/C15H18/c1-10(2)15-12(4)9-11(3)13-7-5-6-8-14(13)15/h5-10H,1-4H3. The van der Waals surface area contributed by atoms with E-state index >= 15 is 0 Å². The van der Waals surface area contributed by atoms with Crippen LogP contribution < -0.4 is 0 Å². The van der Waals surface area contributed by atoms with Crippen LogP contribution in [0.15, 0.2) is 30.3 Å². The highest BCUT2D eigenvalue weighted by Crippen LogP contribution is 2.30. The first-order valence-electron chi connectivity index (χ1n) is 5.60. The van der Waals surface area contributed by atoms with Gasteiger partial charge in [-0.15, -0.1) is 0 Å². The summed E-state index contributed by atoms with van der Waals surface area (Å²) in [6.07, 6.45) is 0. The molecule has 0 aliphatic carbocycles. The number of rotatable bonds is 1. The summed E-state index contributed by atoms with van der Waals surface area (Å²) >= 11 is 0. The van der Waals surface area contributed by atoms with Crippen LogP contribution in [0.1, 0.15) is 36.5 Å². The molecule has 0 heteroatoms. The maximum Gasteiger partial charge on any atom is -0.0144 e. The van der Waals surface area contributed by atoms with E-state index in [4.69, 9.17) is 0 Å². The van der Waals surface area contributed by atoms with Gasteiger partial charge < -0.3 is 0 Å². The Morgan fingerprint density at radius 3 is 2.07 bits per heavy atom. The molecule has 78 valence electrons. The largest absolute Gasteiger partial charge is 0.0616 e. The van der Waals surface area contributed by atoms with Crippen molar-refractivity contribution >= 4 is 10.8 Å². The van der Waals surface area contributed by atoms with Crippen LogP contribution in [0.3, 0.4) is 0 Å². The highest BCUT2D eigenvalue weighted by atomic mass is 14.1. The topological polar surface area (TPSA) is 0 Å². The van der Waals surface area contributed by atoms with Gasteiger partial charge in [0, 0.05) is 0 Å². The lowest BCUT2D eigenvalue weighted by Crippen LogP contribution is -1.95. The van der Waals surface area contributed by atoms with Gasteiger partial charge in [0.2, 0.25) is 0 Å². The maximum absolute atomic E-state index is 2.30. The normalized spacial score (nSPS) is 11.3. The zero-order valence-electron chi connectivity index (χ0n) is 9.96. The summed E-state index contributed by atoms with van der Waals surface area (Å²) in [5.74, 6) is 0.593. The quantitative estimate of drug-likeness (QED) is 0.629. The van der Waals surface area contributed by atoms with E-state index in [1.165, 1.54) is 27.5 Å². The number of benzene rings is 2. The van der Waals surface area contributed by atoms with E-state index in [9.17, 15) is 0 Å². The molecule has 0 unspecified atom stereocenters. The van der Waals surface area contributed by atoms with Crippen LogP contribution in [0.25, 0.3) is 10.8 Å². The maximum atomic E-state index is 2.30. The first kappa shape index (κ1) is 10.2. The van der Waals surface area contributed by atoms with E-state index in [-0.39, 0.29) is 0 Å². The van der Waals surface area contributed by atoms with Crippen LogP contribution in [0, 0.1) is 13.8 Å². The Bertz CT molecular complexity index is 493. The Labute approximate surface area is 91.9 Å². The van der Waals surface area contributed by atoms with E-state index in [1.54, 1.807) is 0 Å². The predicted octanol–water partition coefficient (Wildman–Crippen LogP) is 4.58. The highest BCUT2D eigenvalue weighted by Gasteiger charge is 2.09. The zero-order valence-corrected chi connectivity index (χ0v) is 9.96. The molecule has 0 spiro atoms. The second-order valence-corrected chi connectivity index (χ2v) is 4.62. The average Bonchev–Trinajstić information content (AvgIpc) is 2.17. The van der Waals surface area contributed by atoms with Gasteiger partial charge in [0.1, 0.15) is 0 Å². The molecule has 0 aliphatic rings. The van der Waals surface area contributed by atoms with Crippen molar-refractivity contribution in [3.8, 4) is 0 Å². The Morgan fingerprint density at radius 1 is 0.867 bits per heavy atom. The van der Waals surface area contributed by atoms with Crippen LogP contribution >= 0.6 is 0 Å². The minimum Gasteiger partial charge on any atom is -0.0616 e. The number of fused-ring (bicyclic) bond motifs is 1. The van der Waals surface area contributed by atoms with E-state index in [0.29, 0.717) is 5.92 Å². The lowest BCUT2D eigenvalue weighted by molar-refractivity contribution is 0.866. The molecule has 0 aliphatic heterocycles. The molecule has 0 N–H and O–H groups in total. The molecule has 0 nitrogen and oxygen atoms in total. The van der Waals surface area contributed by atoms with E-state index in [1.807, 2.05) is 0 Å². The fourth-order valence-electron chi connectivity index (χ4n) is 2.52. The molecule has 0 saturated heterocycles. The average molecular weight is 198 g/mol. The monoisotopic (exact) mass is 198 g/mol. The number of aryl methyl sites for hydroxylation is 2. The number of hydrogen-bond donors (Lipinski definition) is 0. The van der Waals surface area contributed by atoms with Crippen molar-refractivity contribution in [2.45, 2.75) is 33.6 Å². The second kappa shape index (κ2) is 3.69. The molecule has 0 fully saturated rings. The van der Waals surface area contributed by atoms with Crippen LogP contribution in [0.2, 0.25) is 0 Å². The molecule has 2 aromatic rings. The molecule has 0 radical (unpaired) electrons. The molecule has 2 aromatic carbocycles. The molecular formula is C15H18. The molecule has 0 amide bonds. The minimum atomic E-state index is 0.593. The Hall–Kier alpha value is -1.30.